The Hall–Kier alpha value is -2.39. The molecule has 2 aromatic heterocycles. The van der Waals surface area contributed by atoms with Gasteiger partial charge in [0.2, 0.25) is 0 Å². The van der Waals surface area contributed by atoms with Crippen molar-refractivity contribution < 1.29 is 24.1 Å². The lowest BCUT2D eigenvalue weighted by Crippen LogP contribution is -2.34. The summed E-state index contributed by atoms with van der Waals surface area (Å²) in [5, 5.41) is 10.5. The molecule has 5 atom stereocenters. The van der Waals surface area contributed by atoms with Gasteiger partial charge in [0.15, 0.2) is 11.8 Å². The van der Waals surface area contributed by atoms with Gasteiger partial charge in [0.25, 0.3) is 6.01 Å². The van der Waals surface area contributed by atoms with Crippen LogP contribution in [0.3, 0.4) is 0 Å². The summed E-state index contributed by atoms with van der Waals surface area (Å²) in [4.78, 5) is 12.3. The molecule has 2 N–H and O–H groups in total. The van der Waals surface area contributed by atoms with Crippen LogP contribution in [0.15, 0.2) is 30.3 Å². The van der Waals surface area contributed by atoms with Crippen molar-refractivity contribution in [3.63, 3.8) is 0 Å². The fourth-order valence-electron chi connectivity index (χ4n) is 4.45. The van der Waals surface area contributed by atoms with Gasteiger partial charge in [-0.1, -0.05) is 29.8 Å². The Morgan fingerprint density at radius 3 is 2.93 bits per heavy atom. The predicted octanol–water partition coefficient (Wildman–Crippen LogP) is 2.24. The van der Waals surface area contributed by atoms with E-state index in [1.807, 2.05) is 24.3 Å². The maximum Gasteiger partial charge on any atom is 0.296 e. The summed E-state index contributed by atoms with van der Waals surface area (Å²) in [7, 11) is 0. The van der Waals surface area contributed by atoms with E-state index in [2.05, 4.69) is 21.0 Å². The number of para-hydroxylation sites is 1. The van der Waals surface area contributed by atoms with Crippen LogP contribution < -0.4 is 9.47 Å². The second-order valence-corrected chi connectivity index (χ2v) is 8.31. The minimum Gasteiger partial charge on any atom is -0.493 e. The second-order valence-electron chi connectivity index (χ2n) is 7.90. The van der Waals surface area contributed by atoms with E-state index in [0.717, 1.165) is 11.4 Å². The lowest BCUT2D eigenvalue weighted by molar-refractivity contribution is 0.00706. The van der Waals surface area contributed by atoms with Crippen LogP contribution in [0.5, 0.6) is 11.8 Å². The third-order valence-corrected chi connectivity index (χ3v) is 6.29. The number of aromatic nitrogens is 3. The quantitative estimate of drug-likeness (QED) is 0.656. The molecule has 30 heavy (non-hydrogen) atoms. The van der Waals surface area contributed by atoms with E-state index in [4.69, 9.17) is 30.5 Å². The van der Waals surface area contributed by atoms with Crippen molar-refractivity contribution in [1.29, 1.82) is 0 Å². The number of aliphatic hydroxyl groups is 1. The van der Waals surface area contributed by atoms with Crippen LogP contribution in [0.1, 0.15) is 17.2 Å². The number of halogens is 1. The molecule has 0 bridgehead atoms. The number of fused-ring (bicyclic) bond motifs is 3. The third-order valence-electron chi connectivity index (χ3n) is 5.96. The smallest absolute Gasteiger partial charge is 0.296 e. The molecular weight excluding hydrogens is 410 g/mol. The molecule has 8 nitrogen and oxygen atoms in total. The van der Waals surface area contributed by atoms with Crippen molar-refractivity contribution in [2.24, 2.45) is 0 Å². The van der Waals surface area contributed by atoms with Gasteiger partial charge >= 0.3 is 0 Å². The third kappa shape index (κ3) is 3.02. The Kier molecular flexibility index (Phi) is 4.35. The van der Waals surface area contributed by atoms with E-state index in [-0.39, 0.29) is 30.8 Å². The first-order valence-corrected chi connectivity index (χ1v) is 10.4. The van der Waals surface area contributed by atoms with E-state index < -0.39 is 6.10 Å². The molecule has 6 rings (SSSR count). The van der Waals surface area contributed by atoms with Crippen molar-refractivity contribution in [3.8, 4) is 11.8 Å². The molecule has 0 saturated carbocycles. The monoisotopic (exact) mass is 429 g/mol. The van der Waals surface area contributed by atoms with Crippen LogP contribution in [0.4, 0.5) is 0 Å². The first kappa shape index (κ1) is 18.4. The van der Waals surface area contributed by atoms with Crippen molar-refractivity contribution >= 4 is 22.8 Å². The largest absolute Gasteiger partial charge is 0.493 e. The van der Waals surface area contributed by atoms with E-state index in [1.54, 1.807) is 0 Å². The number of imidazole rings is 1. The lowest BCUT2D eigenvalue weighted by Gasteiger charge is -2.15. The number of rotatable bonds is 4. The number of hydrogen-bond donors (Lipinski definition) is 2. The standard InChI is InChI=1S/C21H20ClN3O5/c22-12-6-14-20(23-13(12)5-10-7-27-16-4-2-1-3-11(10)16)25-21(24-14)30-17-9-29-18-15(26)8-28-19(17)18/h1-4,6,10,15,17-19,26H,5,7-9H2,(H,23,24,25)/t10?,15-,17-,18-,19-/m1/s1. The zero-order valence-corrected chi connectivity index (χ0v) is 16.7. The number of benzene rings is 1. The summed E-state index contributed by atoms with van der Waals surface area (Å²) in [5.41, 5.74) is 3.19. The molecule has 9 heteroatoms. The second kappa shape index (κ2) is 7.09. The fourth-order valence-corrected chi connectivity index (χ4v) is 4.68. The van der Waals surface area contributed by atoms with Crippen LogP contribution in [0, 0.1) is 0 Å². The minimum absolute atomic E-state index is 0.205. The van der Waals surface area contributed by atoms with Crippen molar-refractivity contribution in [3.05, 3.63) is 46.6 Å². The molecule has 0 amide bonds. The van der Waals surface area contributed by atoms with E-state index in [1.165, 1.54) is 5.56 Å². The van der Waals surface area contributed by atoms with Crippen molar-refractivity contribution in [2.75, 3.05) is 19.8 Å². The highest BCUT2D eigenvalue weighted by atomic mass is 35.5. The Morgan fingerprint density at radius 2 is 2.00 bits per heavy atom. The predicted molar refractivity (Wildman–Crippen MR) is 107 cm³/mol. The lowest BCUT2D eigenvalue weighted by atomic mass is 9.96. The molecule has 156 valence electrons. The van der Waals surface area contributed by atoms with Gasteiger partial charge in [0.1, 0.15) is 24.1 Å². The van der Waals surface area contributed by atoms with Gasteiger partial charge in [-0.05, 0) is 12.1 Å². The first-order chi connectivity index (χ1) is 14.7. The van der Waals surface area contributed by atoms with Gasteiger partial charge in [0, 0.05) is 17.9 Å². The van der Waals surface area contributed by atoms with Crippen LogP contribution in [0.25, 0.3) is 11.2 Å². The number of aliphatic hydroxyl groups excluding tert-OH is 1. The molecule has 3 aliphatic heterocycles. The fraction of sp³-hybridized carbons (Fsp3) is 0.429. The number of H-pyrrole nitrogens is 1. The molecule has 0 aliphatic carbocycles. The Bertz CT molecular complexity index is 1110. The van der Waals surface area contributed by atoms with Crippen LogP contribution >= 0.6 is 11.6 Å². The zero-order chi connectivity index (χ0) is 20.2. The molecule has 3 aliphatic rings. The summed E-state index contributed by atoms with van der Waals surface area (Å²) < 4.78 is 22.9. The average Bonchev–Trinajstić information content (AvgIpc) is 3.49. The van der Waals surface area contributed by atoms with Crippen LogP contribution in [-0.4, -0.2) is 64.3 Å². The zero-order valence-electron chi connectivity index (χ0n) is 16.0. The highest BCUT2D eigenvalue weighted by molar-refractivity contribution is 6.31. The summed E-state index contributed by atoms with van der Waals surface area (Å²) in [5.74, 6) is 1.13. The number of nitrogens with zero attached hydrogens (tertiary/aromatic N) is 2. The van der Waals surface area contributed by atoms with Gasteiger partial charge in [0.05, 0.1) is 36.1 Å². The summed E-state index contributed by atoms with van der Waals surface area (Å²) in [6.07, 6.45) is -0.944. The van der Waals surface area contributed by atoms with E-state index >= 15 is 0 Å². The maximum atomic E-state index is 9.87. The minimum atomic E-state index is -0.619. The molecule has 2 saturated heterocycles. The Balaban J connectivity index is 1.23. The molecule has 1 aromatic carbocycles. The topological polar surface area (TPSA) is 98.7 Å². The average molecular weight is 430 g/mol. The highest BCUT2D eigenvalue weighted by Gasteiger charge is 2.48. The normalized spacial score (nSPS) is 29.7. The van der Waals surface area contributed by atoms with Crippen molar-refractivity contribution in [1.82, 2.24) is 15.0 Å². The number of pyridine rings is 1. The Labute approximate surface area is 177 Å². The molecule has 3 aromatic rings. The van der Waals surface area contributed by atoms with Gasteiger partial charge in [-0.2, -0.15) is 4.98 Å². The number of ether oxygens (including phenoxy) is 4. The van der Waals surface area contributed by atoms with Gasteiger partial charge in [-0.3, -0.25) is 0 Å². The molecule has 0 spiro atoms. The molecule has 5 heterocycles. The SMILES string of the molecule is O[C@@H]1CO[C@H]2[C@@H]1OC[C@H]2Oc1nc2nc(CC3COc4ccccc43)c(Cl)cc2[nH]1. The number of nitrogens with one attached hydrogen (secondary N) is 1. The number of hydrogen-bond acceptors (Lipinski definition) is 7. The van der Waals surface area contributed by atoms with Crippen LogP contribution in [0.2, 0.25) is 5.02 Å². The van der Waals surface area contributed by atoms with E-state index in [9.17, 15) is 5.11 Å². The molecule has 0 radical (unpaired) electrons. The van der Waals surface area contributed by atoms with E-state index in [0.29, 0.717) is 41.8 Å². The summed E-state index contributed by atoms with van der Waals surface area (Å²) in [6.45, 7) is 1.20. The molecule has 2 fully saturated rings. The first-order valence-electron chi connectivity index (χ1n) is 10.0. The maximum absolute atomic E-state index is 9.87. The summed E-state index contributed by atoms with van der Waals surface area (Å²) in [6, 6.07) is 10.2. The molecular formula is C21H20ClN3O5. The van der Waals surface area contributed by atoms with Gasteiger partial charge < -0.3 is 29.0 Å². The van der Waals surface area contributed by atoms with Gasteiger partial charge in [-0.25, -0.2) is 4.98 Å². The van der Waals surface area contributed by atoms with Gasteiger partial charge in [-0.15, -0.1) is 0 Å². The Morgan fingerprint density at radius 1 is 1.13 bits per heavy atom. The van der Waals surface area contributed by atoms with Crippen LogP contribution in [-0.2, 0) is 15.9 Å². The summed E-state index contributed by atoms with van der Waals surface area (Å²) >= 11 is 6.52. The molecule has 1 unspecified atom stereocenters. The number of aromatic amines is 1. The highest BCUT2D eigenvalue weighted by Crippen LogP contribution is 2.37. The van der Waals surface area contributed by atoms with Crippen molar-refractivity contribution in [2.45, 2.75) is 36.8 Å².